The number of carbonyl (C=O) groups is 1. The molecule has 2 aromatic rings. The topological polar surface area (TPSA) is 76.1 Å². The van der Waals surface area contributed by atoms with Crippen LogP contribution in [0.2, 0.25) is 0 Å². The van der Waals surface area contributed by atoms with Crippen molar-refractivity contribution in [3.05, 3.63) is 17.3 Å². The van der Waals surface area contributed by atoms with Gasteiger partial charge in [0.05, 0.1) is 11.5 Å². The van der Waals surface area contributed by atoms with Gasteiger partial charge in [-0.15, -0.1) is 11.3 Å². The first-order valence-corrected chi connectivity index (χ1v) is 8.37. The predicted molar refractivity (Wildman–Crippen MR) is 87.2 cm³/mol. The molecule has 0 aliphatic carbocycles. The minimum Gasteiger partial charge on any atom is -0.376 e. The highest BCUT2D eigenvalue weighted by Crippen LogP contribution is 2.27. The van der Waals surface area contributed by atoms with Gasteiger partial charge in [0.1, 0.15) is 17.0 Å². The third-order valence-corrected chi connectivity index (χ3v) is 4.61. The second-order valence-corrected chi connectivity index (χ2v) is 6.65. The van der Waals surface area contributed by atoms with Crippen LogP contribution < -0.4 is 10.6 Å². The van der Waals surface area contributed by atoms with E-state index >= 15 is 0 Å². The quantitative estimate of drug-likeness (QED) is 0.852. The number of rotatable bonds is 6. The highest BCUT2D eigenvalue weighted by molar-refractivity contribution is 7.18. The molecular weight excluding hydrogens is 300 g/mol. The highest BCUT2D eigenvalue weighted by Gasteiger charge is 2.16. The van der Waals surface area contributed by atoms with Gasteiger partial charge in [-0.2, -0.15) is 0 Å². The van der Waals surface area contributed by atoms with Gasteiger partial charge in [-0.25, -0.2) is 9.97 Å². The Kier molecular flexibility index (Phi) is 4.84. The van der Waals surface area contributed by atoms with Crippen molar-refractivity contribution >= 4 is 33.3 Å². The van der Waals surface area contributed by atoms with E-state index in [1.54, 1.807) is 17.7 Å². The van der Waals surface area contributed by atoms with Crippen molar-refractivity contribution in [2.24, 2.45) is 0 Å². The molecule has 2 N–H and O–H groups in total. The third-order valence-electron chi connectivity index (χ3n) is 3.65. The number of thiophene rings is 1. The molecule has 1 fully saturated rings. The lowest BCUT2D eigenvalue weighted by molar-refractivity contribution is -0.121. The molecule has 7 heteroatoms. The zero-order valence-electron chi connectivity index (χ0n) is 12.6. The number of ether oxygens (including phenoxy) is 1. The van der Waals surface area contributed by atoms with Gasteiger partial charge < -0.3 is 15.4 Å². The fraction of sp³-hybridized carbons (Fsp3) is 0.533. The van der Waals surface area contributed by atoms with Gasteiger partial charge >= 0.3 is 0 Å². The Labute approximate surface area is 133 Å². The Morgan fingerprint density at radius 2 is 2.41 bits per heavy atom. The van der Waals surface area contributed by atoms with E-state index in [0.717, 1.165) is 35.5 Å². The first-order chi connectivity index (χ1) is 10.7. The number of anilines is 1. The molecule has 3 heterocycles. The van der Waals surface area contributed by atoms with Crippen LogP contribution in [0.4, 0.5) is 5.82 Å². The molecule has 1 atom stereocenters. The third kappa shape index (κ3) is 3.72. The number of hydrogen-bond acceptors (Lipinski definition) is 6. The molecule has 0 aromatic carbocycles. The Morgan fingerprint density at radius 3 is 3.23 bits per heavy atom. The molecule has 1 aliphatic rings. The second-order valence-electron chi connectivity index (χ2n) is 5.41. The van der Waals surface area contributed by atoms with Crippen LogP contribution in [0.15, 0.2) is 12.4 Å². The normalized spacial score (nSPS) is 17.8. The van der Waals surface area contributed by atoms with Crippen LogP contribution in [0.5, 0.6) is 0 Å². The number of amides is 1. The monoisotopic (exact) mass is 320 g/mol. The van der Waals surface area contributed by atoms with E-state index in [-0.39, 0.29) is 12.0 Å². The number of nitrogens with one attached hydrogen (secondary N) is 2. The molecule has 3 rings (SSSR count). The maximum absolute atomic E-state index is 11.8. The lowest BCUT2D eigenvalue weighted by atomic mass is 10.2. The summed E-state index contributed by atoms with van der Waals surface area (Å²) >= 11 is 1.64. The molecular formula is C15H20N4O2S. The summed E-state index contributed by atoms with van der Waals surface area (Å²) in [6.07, 6.45) is 4.28. The highest BCUT2D eigenvalue weighted by atomic mass is 32.1. The molecule has 0 saturated carbocycles. The molecule has 0 bridgehead atoms. The van der Waals surface area contributed by atoms with E-state index in [1.807, 2.05) is 0 Å². The molecule has 6 nitrogen and oxygen atoms in total. The van der Waals surface area contributed by atoms with Crippen LogP contribution in [0.3, 0.4) is 0 Å². The minimum absolute atomic E-state index is 0.0369. The number of hydrogen-bond donors (Lipinski definition) is 2. The first kappa shape index (κ1) is 15.2. The minimum atomic E-state index is 0.0369. The van der Waals surface area contributed by atoms with Gasteiger partial charge in [0, 0.05) is 31.0 Å². The largest absolute Gasteiger partial charge is 0.376 e. The number of carbonyl (C=O) groups excluding carboxylic acids is 1. The summed E-state index contributed by atoms with van der Waals surface area (Å²) < 4.78 is 5.48. The van der Waals surface area contributed by atoms with Gasteiger partial charge in [0.15, 0.2) is 0 Å². The van der Waals surface area contributed by atoms with Crippen molar-refractivity contribution in [3.63, 3.8) is 0 Å². The Balaban J connectivity index is 1.46. The molecule has 0 radical (unpaired) electrons. The van der Waals surface area contributed by atoms with Crippen molar-refractivity contribution < 1.29 is 9.53 Å². The van der Waals surface area contributed by atoms with E-state index in [4.69, 9.17) is 4.74 Å². The van der Waals surface area contributed by atoms with E-state index in [2.05, 4.69) is 33.6 Å². The zero-order valence-corrected chi connectivity index (χ0v) is 13.4. The van der Waals surface area contributed by atoms with Crippen LogP contribution in [-0.2, 0) is 9.53 Å². The van der Waals surface area contributed by atoms with Gasteiger partial charge in [-0.05, 0) is 25.8 Å². The Morgan fingerprint density at radius 1 is 1.50 bits per heavy atom. The number of aryl methyl sites for hydroxylation is 1. The van der Waals surface area contributed by atoms with Crippen LogP contribution in [0.25, 0.3) is 10.2 Å². The maximum atomic E-state index is 11.8. The first-order valence-electron chi connectivity index (χ1n) is 7.55. The fourth-order valence-electron chi connectivity index (χ4n) is 2.53. The fourth-order valence-corrected chi connectivity index (χ4v) is 3.38. The second kappa shape index (κ2) is 7.02. The molecule has 1 amide bonds. The summed E-state index contributed by atoms with van der Waals surface area (Å²) in [5.74, 6) is 0.830. The molecule has 1 saturated heterocycles. The molecule has 1 aliphatic heterocycles. The number of aromatic nitrogens is 2. The van der Waals surface area contributed by atoms with E-state index in [0.29, 0.717) is 19.5 Å². The van der Waals surface area contributed by atoms with Crippen molar-refractivity contribution in [1.82, 2.24) is 15.3 Å². The molecule has 0 spiro atoms. The Bertz CT molecular complexity index is 652. The van der Waals surface area contributed by atoms with Gasteiger partial charge in [-0.1, -0.05) is 0 Å². The van der Waals surface area contributed by atoms with E-state index < -0.39 is 0 Å². The summed E-state index contributed by atoms with van der Waals surface area (Å²) in [5.41, 5.74) is 0. The molecule has 118 valence electrons. The SMILES string of the molecule is Cc1cc2c(NCCC(=O)NC[C@@H]3CCCO3)ncnc2s1. The van der Waals surface area contributed by atoms with Crippen molar-refractivity contribution in [2.45, 2.75) is 32.3 Å². The van der Waals surface area contributed by atoms with Crippen LogP contribution in [-0.4, -0.2) is 41.7 Å². The van der Waals surface area contributed by atoms with Crippen molar-refractivity contribution in [2.75, 3.05) is 25.0 Å². The smallest absolute Gasteiger partial charge is 0.221 e. The van der Waals surface area contributed by atoms with Crippen LogP contribution in [0.1, 0.15) is 24.1 Å². The van der Waals surface area contributed by atoms with Gasteiger partial charge in [-0.3, -0.25) is 4.79 Å². The summed E-state index contributed by atoms with van der Waals surface area (Å²) in [5, 5.41) is 7.16. The summed E-state index contributed by atoms with van der Waals surface area (Å²) in [7, 11) is 0. The van der Waals surface area contributed by atoms with Crippen LogP contribution >= 0.6 is 11.3 Å². The maximum Gasteiger partial charge on any atom is 0.221 e. The lowest BCUT2D eigenvalue weighted by Gasteiger charge is -2.11. The van der Waals surface area contributed by atoms with Gasteiger partial charge in [0.25, 0.3) is 0 Å². The van der Waals surface area contributed by atoms with E-state index in [9.17, 15) is 4.79 Å². The summed E-state index contributed by atoms with van der Waals surface area (Å²) in [6, 6.07) is 2.07. The van der Waals surface area contributed by atoms with Crippen LogP contribution in [0, 0.1) is 6.92 Å². The van der Waals surface area contributed by atoms with Crippen molar-refractivity contribution in [3.8, 4) is 0 Å². The average molecular weight is 320 g/mol. The number of fused-ring (bicyclic) bond motifs is 1. The standard InChI is InChI=1S/C15H20N4O2S/c1-10-7-12-14(18-9-19-15(12)22-10)16-5-4-13(20)17-8-11-3-2-6-21-11/h7,9,11H,2-6,8H2,1H3,(H,17,20)(H,16,18,19)/t11-/m0/s1. The summed E-state index contributed by atoms with van der Waals surface area (Å²) in [6.45, 7) is 4.03. The predicted octanol–water partition coefficient (Wildman–Crippen LogP) is 2.10. The van der Waals surface area contributed by atoms with Gasteiger partial charge in [0.2, 0.25) is 5.91 Å². The zero-order chi connectivity index (χ0) is 15.4. The molecule has 2 aromatic heterocycles. The number of nitrogens with zero attached hydrogens (tertiary/aromatic N) is 2. The Hall–Kier alpha value is -1.73. The molecule has 0 unspecified atom stereocenters. The summed E-state index contributed by atoms with van der Waals surface area (Å²) in [4.78, 5) is 22.5. The lowest BCUT2D eigenvalue weighted by Crippen LogP contribution is -2.32. The molecule has 22 heavy (non-hydrogen) atoms. The van der Waals surface area contributed by atoms with E-state index in [1.165, 1.54) is 4.88 Å². The average Bonchev–Trinajstić information content (AvgIpc) is 3.13. The van der Waals surface area contributed by atoms with Crippen molar-refractivity contribution in [1.29, 1.82) is 0 Å².